The summed E-state index contributed by atoms with van der Waals surface area (Å²) >= 11 is 0. The number of rotatable bonds is 8. The number of carbonyl (C=O) groups excluding carboxylic acids is 1. The van der Waals surface area contributed by atoms with Crippen LogP contribution >= 0.6 is 9.03 Å². The van der Waals surface area contributed by atoms with E-state index in [4.69, 9.17) is 30.0 Å². The van der Waals surface area contributed by atoms with E-state index in [0.717, 1.165) is 31.4 Å². The molecule has 2 fully saturated rings. The Kier molecular flexibility index (Phi) is 10.2. The first-order valence-electron chi connectivity index (χ1n) is 13.1. The third-order valence-electron chi connectivity index (χ3n) is 6.59. The molecule has 1 saturated carbocycles. The van der Waals surface area contributed by atoms with Crippen LogP contribution in [0.1, 0.15) is 65.0 Å². The van der Waals surface area contributed by atoms with Gasteiger partial charge in [-0.3, -0.25) is 9.36 Å². The number of aromatic nitrogens is 4. The number of benzene rings is 1. The van der Waals surface area contributed by atoms with Crippen LogP contribution < -0.4 is 16.0 Å². The van der Waals surface area contributed by atoms with E-state index in [9.17, 15) is 4.79 Å². The van der Waals surface area contributed by atoms with Gasteiger partial charge in [-0.15, -0.1) is 0 Å². The number of fused-ring (bicyclic) bond motifs is 1. The second kappa shape index (κ2) is 13.8. The molecule has 0 spiro atoms. The highest BCUT2D eigenvalue weighted by molar-refractivity contribution is 7.26. The highest BCUT2D eigenvalue weighted by Crippen LogP contribution is 2.35. The average molecular weight is 545 g/mol. The lowest BCUT2D eigenvalue weighted by atomic mass is 9.98. The molecule has 0 amide bonds. The number of para-hydroxylation sites is 1. The maximum atomic E-state index is 11.1. The van der Waals surface area contributed by atoms with Crippen LogP contribution in [0.25, 0.3) is 11.2 Å². The molecule has 1 aromatic carbocycles. The lowest BCUT2D eigenvalue weighted by Gasteiger charge is -2.22. The van der Waals surface area contributed by atoms with Gasteiger partial charge in [0.05, 0.1) is 18.5 Å². The Bertz CT molecular complexity index is 1160. The number of imidazole rings is 1. The normalized spacial score (nSPS) is 21.7. The lowest BCUT2D eigenvalue weighted by Crippen LogP contribution is -2.32. The standard InChI is InChI=1S/C17H20N5O3P.C9H17NO2/c1-11(24-26-25-12-5-3-2-4-6-12)13-7-8-14(23-13)22-10-21-15-16(18)19-9-20-17(15)22;1-7(10)9(11)12-8-5-3-2-4-6-8/h2-6,9-11,13-14,26H,7-8H2,1H3,(H2,18,19,20);7-8H,2-6,10H2,1H3. The topological polar surface area (TPSA) is 150 Å². The number of hydrogen-bond acceptors (Lipinski definition) is 10. The first-order chi connectivity index (χ1) is 18.4. The predicted octanol–water partition coefficient (Wildman–Crippen LogP) is 4.29. The molecular formula is C26H37N6O5P. The van der Waals surface area contributed by atoms with Crippen molar-refractivity contribution in [1.82, 2.24) is 19.5 Å². The van der Waals surface area contributed by atoms with Gasteiger partial charge in [0.2, 0.25) is 9.03 Å². The van der Waals surface area contributed by atoms with Crippen molar-refractivity contribution in [2.75, 3.05) is 5.73 Å². The zero-order valence-corrected chi connectivity index (χ0v) is 22.9. The molecule has 11 nitrogen and oxygen atoms in total. The van der Waals surface area contributed by atoms with Crippen molar-refractivity contribution in [3.63, 3.8) is 0 Å². The first-order valence-corrected chi connectivity index (χ1v) is 13.9. The fourth-order valence-corrected chi connectivity index (χ4v) is 5.03. The van der Waals surface area contributed by atoms with Gasteiger partial charge < -0.3 is 30.0 Å². The Balaban J connectivity index is 0.000000236. The zero-order chi connectivity index (χ0) is 26.9. The molecule has 4 N–H and O–H groups in total. The Hall–Kier alpha value is -2.85. The summed E-state index contributed by atoms with van der Waals surface area (Å²) in [5.41, 5.74) is 12.5. The monoisotopic (exact) mass is 544 g/mol. The van der Waals surface area contributed by atoms with Crippen molar-refractivity contribution in [3.8, 4) is 5.75 Å². The summed E-state index contributed by atoms with van der Waals surface area (Å²) in [6.45, 7) is 3.66. The summed E-state index contributed by atoms with van der Waals surface area (Å²) in [6.07, 6.45) is 10.5. The highest BCUT2D eigenvalue weighted by Gasteiger charge is 2.32. The van der Waals surface area contributed by atoms with Gasteiger partial charge in [0.1, 0.15) is 36.0 Å². The van der Waals surface area contributed by atoms with Crippen LogP contribution in [0.5, 0.6) is 5.75 Å². The third-order valence-corrected chi connectivity index (χ3v) is 7.38. The minimum Gasteiger partial charge on any atom is -0.461 e. The van der Waals surface area contributed by atoms with Crippen LogP contribution in [-0.2, 0) is 18.8 Å². The van der Waals surface area contributed by atoms with E-state index in [-0.39, 0.29) is 39.5 Å². The van der Waals surface area contributed by atoms with Gasteiger partial charge in [0.15, 0.2) is 11.5 Å². The molecular weight excluding hydrogens is 507 g/mol. The van der Waals surface area contributed by atoms with Gasteiger partial charge in [0, 0.05) is 0 Å². The molecule has 1 aliphatic heterocycles. The fourth-order valence-electron chi connectivity index (χ4n) is 4.44. The summed E-state index contributed by atoms with van der Waals surface area (Å²) in [7, 11) is -0.0721. The Labute approximate surface area is 224 Å². The van der Waals surface area contributed by atoms with Gasteiger partial charge in [0.25, 0.3) is 0 Å². The van der Waals surface area contributed by atoms with Gasteiger partial charge >= 0.3 is 5.97 Å². The fraction of sp³-hybridized carbons (Fsp3) is 0.538. The van der Waals surface area contributed by atoms with Crippen molar-refractivity contribution in [2.24, 2.45) is 5.73 Å². The molecule has 3 aromatic rings. The van der Waals surface area contributed by atoms with E-state index >= 15 is 0 Å². The van der Waals surface area contributed by atoms with Crippen molar-refractivity contribution in [1.29, 1.82) is 0 Å². The summed E-state index contributed by atoms with van der Waals surface area (Å²) < 4.78 is 24.7. The van der Waals surface area contributed by atoms with E-state index in [1.54, 1.807) is 13.3 Å². The van der Waals surface area contributed by atoms with E-state index in [1.165, 1.54) is 25.6 Å². The molecule has 1 saturated heterocycles. The maximum absolute atomic E-state index is 11.1. The minimum atomic E-state index is -0.480. The molecule has 3 heterocycles. The molecule has 38 heavy (non-hydrogen) atoms. The largest absolute Gasteiger partial charge is 0.461 e. The maximum Gasteiger partial charge on any atom is 0.322 e. The SMILES string of the molecule is CC(N)C(=O)OC1CCCCC1.CC(OPOc1ccccc1)C1CCC(n2cnc3c(N)ncnc32)O1. The van der Waals surface area contributed by atoms with Crippen LogP contribution in [-0.4, -0.2) is 49.8 Å². The van der Waals surface area contributed by atoms with E-state index in [1.807, 2.05) is 41.8 Å². The van der Waals surface area contributed by atoms with Crippen molar-refractivity contribution in [2.45, 2.75) is 89.4 Å². The quantitative estimate of drug-likeness (QED) is 0.311. The Morgan fingerprint density at radius 1 is 1.08 bits per heavy atom. The molecule has 0 radical (unpaired) electrons. The molecule has 2 aliphatic rings. The van der Waals surface area contributed by atoms with Gasteiger partial charge in [-0.1, -0.05) is 24.6 Å². The van der Waals surface area contributed by atoms with Gasteiger partial charge in [-0.2, -0.15) is 0 Å². The van der Waals surface area contributed by atoms with E-state index in [0.29, 0.717) is 17.0 Å². The Morgan fingerprint density at radius 3 is 2.58 bits per heavy atom. The summed E-state index contributed by atoms with van der Waals surface area (Å²) in [4.78, 5) is 23.6. The summed E-state index contributed by atoms with van der Waals surface area (Å²) in [5.74, 6) is 0.909. The van der Waals surface area contributed by atoms with Crippen LogP contribution in [0.2, 0.25) is 0 Å². The summed E-state index contributed by atoms with van der Waals surface area (Å²) in [6, 6.07) is 9.14. The summed E-state index contributed by atoms with van der Waals surface area (Å²) in [5, 5.41) is 0. The number of anilines is 1. The zero-order valence-electron chi connectivity index (χ0n) is 21.9. The van der Waals surface area contributed by atoms with Crippen molar-refractivity contribution in [3.05, 3.63) is 43.0 Å². The second-order valence-electron chi connectivity index (χ2n) is 9.60. The number of ether oxygens (including phenoxy) is 2. The van der Waals surface area contributed by atoms with Crippen LogP contribution in [0.4, 0.5) is 5.82 Å². The van der Waals surface area contributed by atoms with Crippen LogP contribution in [0.3, 0.4) is 0 Å². The van der Waals surface area contributed by atoms with Crippen molar-refractivity contribution < 1.29 is 23.3 Å². The second-order valence-corrected chi connectivity index (χ2v) is 10.2. The molecule has 206 valence electrons. The smallest absolute Gasteiger partial charge is 0.322 e. The van der Waals surface area contributed by atoms with Crippen LogP contribution in [0, 0.1) is 0 Å². The molecule has 5 atom stereocenters. The molecule has 5 unspecified atom stereocenters. The third kappa shape index (κ3) is 7.60. The van der Waals surface area contributed by atoms with E-state index in [2.05, 4.69) is 15.0 Å². The molecule has 12 heteroatoms. The lowest BCUT2D eigenvalue weighted by molar-refractivity contribution is -0.151. The number of hydrogen-bond donors (Lipinski definition) is 2. The average Bonchev–Trinajstić information content (AvgIpc) is 3.58. The Morgan fingerprint density at radius 2 is 1.84 bits per heavy atom. The van der Waals surface area contributed by atoms with Crippen molar-refractivity contribution >= 4 is 32.0 Å². The van der Waals surface area contributed by atoms with Crippen LogP contribution in [0.15, 0.2) is 43.0 Å². The molecule has 1 aliphatic carbocycles. The first kappa shape index (κ1) is 28.2. The highest BCUT2D eigenvalue weighted by atomic mass is 31.1. The molecule has 5 rings (SSSR count). The molecule has 2 aromatic heterocycles. The number of nitrogen functional groups attached to an aromatic ring is 1. The van der Waals surface area contributed by atoms with Gasteiger partial charge in [-0.25, -0.2) is 15.0 Å². The predicted molar refractivity (Wildman–Crippen MR) is 145 cm³/mol. The number of nitrogens with two attached hydrogens (primary N) is 2. The minimum absolute atomic E-state index is 0.0106. The molecule has 0 bridgehead atoms. The van der Waals surface area contributed by atoms with E-state index < -0.39 is 6.04 Å². The number of esters is 1. The van der Waals surface area contributed by atoms with Gasteiger partial charge in [-0.05, 0) is 64.5 Å². The number of nitrogens with zero attached hydrogens (tertiary/aromatic N) is 4. The number of carbonyl (C=O) groups is 1.